The molecule has 1 aliphatic heterocycles. The van der Waals surface area contributed by atoms with Crippen molar-refractivity contribution in [3.05, 3.63) is 58.6 Å². The van der Waals surface area contributed by atoms with E-state index in [0.29, 0.717) is 36.2 Å². The first kappa shape index (κ1) is 22.0. The van der Waals surface area contributed by atoms with Gasteiger partial charge in [-0.25, -0.2) is 0 Å². The number of carbonyl (C=O) groups is 1. The zero-order chi connectivity index (χ0) is 21.5. The summed E-state index contributed by atoms with van der Waals surface area (Å²) < 4.78 is 11.1. The van der Waals surface area contributed by atoms with Crippen LogP contribution in [0.5, 0.6) is 11.5 Å². The third-order valence-electron chi connectivity index (χ3n) is 5.08. The lowest BCUT2D eigenvalue weighted by Crippen LogP contribution is -2.48. The van der Waals surface area contributed by atoms with E-state index >= 15 is 0 Å². The van der Waals surface area contributed by atoms with Crippen LogP contribution in [0.15, 0.2) is 42.5 Å². The molecule has 0 saturated carbocycles. The van der Waals surface area contributed by atoms with Gasteiger partial charge < -0.3 is 19.3 Å². The molecule has 1 saturated heterocycles. The number of methoxy groups -OCH3 is 1. The van der Waals surface area contributed by atoms with Gasteiger partial charge in [0.25, 0.3) is 0 Å². The first-order valence-electron chi connectivity index (χ1n) is 10.3. The molecule has 6 heteroatoms. The maximum absolute atomic E-state index is 12.6. The van der Waals surface area contributed by atoms with Crippen LogP contribution in [-0.2, 0) is 4.79 Å². The van der Waals surface area contributed by atoms with Crippen molar-refractivity contribution in [1.82, 2.24) is 4.90 Å². The minimum atomic E-state index is 0.000269. The Kier molecular flexibility index (Phi) is 7.63. The molecule has 160 valence electrons. The van der Waals surface area contributed by atoms with Crippen LogP contribution in [0.4, 0.5) is 5.69 Å². The molecule has 3 rings (SSSR count). The number of aryl methyl sites for hydroxylation is 1. The van der Waals surface area contributed by atoms with Gasteiger partial charge in [-0.1, -0.05) is 30.7 Å². The smallest absolute Gasteiger partial charge is 0.246 e. The summed E-state index contributed by atoms with van der Waals surface area (Å²) in [4.78, 5) is 16.8. The molecular formula is C24H29ClN2O3. The highest BCUT2D eigenvalue weighted by atomic mass is 35.5. The molecule has 1 amide bonds. The van der Waals surface area contributed by atoms with Gasteiger partial charge in [0.2, 0.25) is 5.91 Å². The van der Waals surface area contributed by atoms with E-state index in [0.717, 1.165) is 25.1 Å². The molecule has 0 unspecified atom stereocenters. The van der Waals surface area contributed by atoms with Crippen molar-refractivity contribution >= 4 is 29.3 Å². The van der Waals surface area contributed by atoms with Crippen molar-refractivity contribution in [3.63, 3.8) is 0 Å². The molecule has 0 bridgehead atoms. The quantitative estimate of drug-likeness (QED) is 0.593. The van der Waals surface area contributed by atoms with Gasteiger partial charge in [0.15, 0.2) is 11.5 Å². The van der Waals surface area contributed by atoms with Gasteiger partial charge in [-0.3, -0.25) is 4.79 Å². The standard InChI is InChI=1S/C24H29ClN2O3/c1-4-14-30-24-21(25)16-19(17-22(24)29-3)8-9-23(28)27-12-10-26(11-13-27)20-7-5-6-18(2)15-20/h5-9,15-17H,4,10-14H2,1-3H3/b9-8+. The minimum Gasteiger partial charge on any atom is -0.493 e. The Hall–Kier alpha value is -2.66. The molecular weight excluding hydrogens is 400 g/mol. The zero-order valence-corrected chi connectivity index (χ0v) is 18.6. The number of carbonyl (C=O) groups excluding carboxylic acids is 1. The monoisotopic (exact) mass is 428 g/mol. The molecule has 0 N–H and O–H groups in total. The fourth-order valence-electron chi connectivity index (χ4n) is 3.46. The lowest BCUT2D eigenvalue weighted by molar-refractivity contribution is -0.126. The third-order valence-corrected chi connectivity index (χ3v) is 5.36. The number of rotatable bonds is 7. The fraction of sp³-hybridized carbons (Fsp3) is 0.375. The highest BCUT2D eigenvalue weighted by Gasteiger charge is 2.20. The molecule has 5 nitrogen and oxygen atoms in total. The Labute approximate surface area is 183 Å². The molecule has 0 aliphatic carbocycles. The van der Waals surface area contributed by atoms with Crippen molar-refractivity contribution in [2.45, 2.75) is 20.3 Å². The van der Waals surface area contributed by atoms with Gasteiger partial charge in [0.05, 0.1) is 18.7 Å². The summed E-state index contributed by atoms with van der Waals surface area (Å²) in [6.45, 7) is 7.74. The van der Waals surface area contributed by atoms with Crippen LogP contribution in [0.2, 0.25) is 5.02 Å². The van der Waals surface area contributed by atoms with E-state index in [1.165, 1.54) is 11.3 Å². The van der Waals surface area contributed by atoms with Crippen molar-refractivity contribution in [3.8, 4) is 11.5 Å². The number of ether oxygens (including phenoxy) is 2. The van der Waals surface area contributed by atoms with Gasteiger partial charge in [-0.05, 0) is 54.8 Å². The maximum Gasteiger partial charge on any atom is 0.246 e. The van der Waals surface area contributed by atoms with Crippen molar-refractivity contribution in [2.24, 2.45) is 0 Å². The fourth-order valence-corrected chi connectivity index (χ4v) is 3.74. The second-order valence-corrected chi connectivity index (χ2v) is 7.77. The zero-order valence-electron chi connectivity index (χ0n) is 17.9. The number of anilines is 1. The minimum absolute atomic E-state index is 0.000269. The SMILES string of the molecule is CCCOc1c(Cl)cc(/C=C/C(=O)N2CCN(c3cccc(C)c3)CC2)cc1OC. The van der Waals surface area contributed by atoms with E-state index in [2.05, 4.69) is 36.1 Å². The molecule has 1 heterocycles. The van der Waals surface area contributed by atoms with Gasteiger partial charge in [-0.2, -0.15) is 0 Å². The van der Waals surface area contributed by atoms with E-state index in [4.69, 9.17) is 21.1 Å². The molecule has 2 aromatic rings. The summed E-state index contributed by atoms with van der Waals surface area (Å²) in [5, 5.41) is 0.474. The number of piperazine rings is 1. The van der Waals surface area contributed by atoms with Crippen LogP contribution in [-0.4, -0.2) is 50.7 Å². The van der Waals surface area contributed by atoms with Crippen LogP contribution in [0, 0.1) is 6.92 Å². The van der Waals surface area contributed by atoms with Gasteiger partial charge in [-0.15, -0.1) is 0 Å². The average molecular weight is 429 g/mol. The number of benzene rings is 2. The molecule has 0 spiro atoms. The van der Waals surface area contributed by atoms with E-state index in [-0.39, 0.29) is 5.91 Å². The van der Waals surface area contributed by atoms with E-state index in [1.54, 1.807) is 25.3 Å². The van der Waals surface area contributed by atoms with E-state index < -0.39 is 0 Å². The number of hydrogen-bond donors (Lipinski definition) is 0. The Bertz CT molecular complexity index is 905. The second-order valence-electron chi connectivity index (χ2n) is 7.37. The van der Waals surface area contributed by atoms with Gasteiger partial charge in [0, 0.05) is 37.9 Å². The summed E-state index contributed by atoms with van der Waals surface area (Å²) in [5.41, 5.74) is 3.26. The molecule has 0 aromatic heterocycles. The number of amides is 1. The second kappa shape index (κ2) is 10.4. The Balaban J connectivity index is 1.61. The highest BCUT2D eigenvalue weighted by Crippen LogP contribution is 2.36. The third kappa shape index (κ3) is 5.48. The van der Waals surface area contributed by atoms with Crippen LogP contribution >= 0.6 is 11.6 Å². The van der Waals surface area contributed by atoms with Crippen molar-refractivity contribution < 1.29 is 14.3 Å². The topological polar surface area (TPSA) is 42.0 Å². The summed E-state index contributed by atoms with van der Waals surface area (Å²) in [6, 6.07) is 12.1. The van der Waals surface area contributed by atoms with Gasteiger partial charge >= 0.3 is 0 Å². The normalized spacial score (nSPS) is 14.3. The number of halogens is 1. The van der Waals surface area contributed by atoms with Gasteiger partial charge in [0.1, 0.15) is 0 Å². The van der Waals surface area contributed by atoms with Crippen LogP contribution in [0.25, 0.3) is 6.08 Å². The van der Waals surface area contributed by atoms with Crippen LogP contribution in [0.1, 0.15) is 24.5 Å². The molecule has 1 fully saturated rings. The Morgan fingerprint density at radius 1 is 1.17 bits per heavy atom. The molecule has 0 radical (unpaired) electrons. The molecule has 1 aliphatic rings. The Morgan fingerprint density at radius 3 is 2.60 bits per heavy atom. The maximum atomic E-state index is 12.6. The first-order valence-corrected chi connectivity index (χ1v) is 10.7. The molecule has 2 aromatic carbocycles. The van der Waals surface area contributed by atoms with Crippen LogP contribution < -0.4 is 14.4 Å². The Morgan fingerprint density at radius 2 is 1.93 bits per heavy atom. The summed E-state index contributed by atoms with van der Waals surface area (Å²) >= 11 is 6.36. The predicted octanol–water partition coefficient (Wildman–Crippen LogP) is 4.81. The predicted molar refractivity (Wildman–Crippen MR) is 123 cm³/mol. The average Bonchev–Trinajstić information content (AvgIpc) is 2.76. The largest absolute Gasteiger partial charge is 0.493 e. The number of nitrogens with zero attached hydrogens (tertiary/aromatic N) is 2. The highest BCUT2D eigenvalue weighted by molar-refractivity contribution is 6.32. The first-order chi connectivity index (χ1) is 14.5. The van der Waals surface area contributed by atoms with Crippen LogP contribution in [0.3, 0.4) is 0 Å². The summed E-state index contributed by atoms with van der Waals surface area (Å²) in [5.74, 6) is 1.10. The lowest BCUT2D eigenvalue weighted by Gasteiger charge is -2.35. The summed E-state index contributed by atoms with van der Waals surface area (Å²) in [6.07, 6.45) is 4.25. The van der Waals surface area contributed by atoms with E-state index in [1.807, 2.05) is 17.9 Å². The van der Waals surface area contributed by atoms with E-state index in [9.17, 15) is 4.79 Å². The number of hydrogen-bond acceptors (Lipinski definition) is 4. The molecule has 0 atom stereocenters. The molecule has 30 heavy (non-hydrogen) atoms. The summed E-state index contributed by atoms with van der Waals surface area (Å²) in [7, 11) is 1.58. The van der Waals surface area contributed by atoms with Crippen molar-refractivity contribution in [2.75, 3.05) is 44.8 Å². The van der Waals surface area contributed by atoms with Crippen molar-refractivity contribution in [1.29, 1.82) is 0 Å². The lowest BCUT2D eigenvalue weighted by atomic mass is 10.1.